The van der Waals surface area contributed by atoms with Crippen molar-refractivity contribution in [2.24, 2.45) is 0 Å². The standard InChI is InChI=1S/C83H54/c1-83(2)79-49-63(59-29-25-55(26-30-59)51-17-21-53(22-18-51)57-33-37-61(38-34-57)65-45-47-77-69-11-5-3-9-67(69)75-15-7-13-73(65)81(75)77)41-43-71(79)72-44-42-64(50-80(72)83)60-31-27-56(28-32-60)52-19-23-54(24-20-52)58-35-39-62(40-36-58)66-46-48-78-70-12-6-4-10-68(70)76-16-8-14-74(66)82(76)78/h3-50H,1-2H3. The lowest BCUT2D eigenvalue weighted by atomic mass is 9.80. The Bertz CT molecular complexity index is 4580. The molecule has 0 atom stereocenters. The van der Waals surface area contributed by atoms with Gasteiger partial charge in [0.05, 0.1) is 0 Å². The smallest absolute Gasteiger partial charge is 0.0159 e. The molecule has 3 aliphatic rings. The van der Waals surface area contributed by atoms with E-state index in [9.17, 15) is 0 Å². The lowest BCUT2D eigenvalue weighted by molar-refractivity contribution is 0.661. The zero-order valence-corrected chi connectivity index (χ0v) is 46.2. The van der Waals surface area contributed by atoms with E-state index >= 15 is 0 Å². The lowest BCUT2D eigenvalue weighted by Crippen LogP contribution is -2.15. The van der Waals surface area contributed by atoms with Crippen LogP contribution in [0.3, 0.4) is 0 Å². The van der Waals surface area contributed by atoms with Gasteiger partial charge in [-0.2, -0.15) is 0 Å². The van der Waals surface area contributed by atoms with Crippen LogP contribution >= 0.6 is 0 Å². The molecule has 0 aliphatic heterocycles. The van der Waals surface area contributed by atoms with Crippen molar-refractivity contribution < 1.29 is 0 Å². The highest BCUT2D eigenvalue weighted by Crippen LogP contribution is 2.53. The van der Waals surface area contributed by atoms with Crippen LogP contribution < -0.4 is 0 Å². The first-order valence-corrected chi connectivity index (χ1v) is 29.1. The SMILES string of the molecule is CC1(C)c2cc(-c3ccc(-c4ccc(-c5ccc(-c6ccc7c8c(cccc68)-c6ccccc6-7)cc5)cc4)cc3)ccc2-c2ccc(-c3ccc(-c4ccc(-c5ccc(-c6ccc7c8c(cccc68)-c6ccccc6-7)cc5)cc4)cc3)cc21. The average molecular weight is 1050 g/mol. The molecule has 0 spiro atoms. The van der Waals surface area contributed by atoms with Gasteiger partial charge in [-0.1, -0.05) is 293 Å². The molecule has 0 nitrogen and oxygen atoms in total. The highest BCUT2D eigenvalue weighted by Gasteiger charge is 2.36. The van der Waals surface area contributed by atoms with Gasteiger partial charge >= 0.3 is 0 Å². The molecular formula is C83H54. The fourth-order valence-electron chi connectivity index (χ4n) is 14.3. The lowest BCUT2D eigenvalue weighted by Gasteiger charge is -2.22. The molecule has 17 rings (SSSR count). The fraction of sp³-hybridized carbons (Fsp3) is 0.0361. The Morgan fingerprint density at radius 3 is 0.687 bits per heavy atom. The maximum absolute atomic E-state index is 2.43. The van der Waals surface area contributed by atoms with E-state index in [1.165, 1.54) is 177 Å². The van der Waals surface area contributed by atoms with Crippen LogP contribution in [0.1, 0.15) is 25.0 Å². The predicted octanol–water partition coefficient (Wildman–Crippen LogP) is 22.9. The highest BCUT2D eigenvalue weighted by molar-refractivity contribution is 6.20. The van der Waals surface area contributed by atoms with Crippen molar-refractivity contribution in [3.8, 4) is 145 Å². The summed E-state index contributed by atoms with van der Waals surface area (Å²) in [5, 5.41) is 5.35. The third-order valence-electron chi connectivity index (χ3n) is 18.7. The van der Waals surface area contributed by atoms with E-state index in [2.05, 4.69) is 305 Å². The molecule has 0 saturated heterocycles. The number of benzene rings is 14. The second-order valence-electron chi connectivity index (χ2n) is 23.5. The van der Waals surface area contributed by atoms with Crippen molar-refractivity contribution in [2.45, 2.75) is 19.3 Å². The largest absolute Gasteiger partial charge is 0.0616 e. The van der Waals surface area contributed by atoms with Crippen LogP contribution in [0.5, 0.6) is 0 Å². The van der Waals surface area contributed by atoms with Crippen molar-refractivity contribution in [1.82, 2.24) is 0 Å². The minimum atomic E-state index is -0.145. The molecule has 83 heavy (non-hydrogen) atoms. The summed E-state index contributed by atoms with van der Waals surface area (Å²) in [6.45, 7) is 4.77. The van der Waals surface area contributed by atoms with Gasteiger partial charge in [-0.15, -0.1) is 0 Å². The Balaban J connectivity index is 0.562. The van der Waals surface area contributed by atoms with Crippen molar-refractivity contribution >= 4 is 21.5 Å². The first-order valence-electron chi connectivity index (χ1n) is 29.1. The Morgan fingerprint density at radius 2 is 0.386 bits per heavy atom. The van der Waals surface area contributed by atoms with Crippen LogP contribution in [-0.4, -0.2) is 0 Å². The van der Waals surface area contributed by atoms with Gasteiger partial charge in [0.25, 0.3) is 0 Å². The third-order valence-corrected chi connectivity index (χ3v) is 18.7. The van der Waals surface area contributed by atoms with Gasteiger partial charge in [-0.25, -0.2) is 0 Å². The number of rotatable bonds is 8. The van der Waals surface area contributed by atoms with Gasteiger partial charge in [-0.05, 0) is 189 Å². The summed E-state index contributed by atoms with van der Waals surface area (Å²) >= 11 is 0. The molecule has 14 aromatic rings. The van der Waals surface area contributed by atoms with E-state index < -0.39 is 0 Å². The van der Waals surface area contributed by atoms with Crippen LogP contribution in [0.4, 0.5) is 0 Å². The van der Waals surface area contributed by atoms with Crippen LogP contribution in [0.2, 0.25) is 0 Å². The highest BCUT2D eigenvalue weighted by atomic mass is 14.4. The van der Waals surface area contributed by atoms with Crippen LogP contribution in [0.25, 0.3) is 166 Å². The summed E-state index contributed by atoms with van der Waals surface area (Å²) in [4.78, 5) is 0. The minimum absolute atomic E-state index is 0.145. The zero-order chi connectivity index (χ0) is 54.9. The summed E-state index contributed by atoms with van der Waals surface area (Å²) < 4.78 is 0. The summed E-state index contributed by atoms with van der Waals surface area (Å²) in [7, 11) is 0. The van der Waals surface area contributed by atoms with E-state index in [0.29, 0.717) is 0 Å². The Hall–Kier alpha value is -10.4. The van der Waals surface area contributed by atoms with Crippen LogP contribution in [-0.2, 0) is 5.41 Å². The molecular weight excluding hydrogens is 997 g/mol. The molecule has 0 N–H and O–H groups in total. The van der Waals surface area contributed by atoms with E-state index in [1.54, 1.807) is 0 Å². The first-order chi connectivity index (χ1) is 40.9. The second-order valence-corrected chi connectivity index (χ2v) is 23.5. The van der Waals surface area contributed by atoms with Gasteiger partial charge in [0.15, 0.2) is 0 Å². The van der Waals surface area contributed by atoms with E-state index in [-0.39, 0.29) is 5.41 Å². The minimum Gasteiger partial charge on any atom is -0.0616 e. The van der Waals surface area contributed by atoms with Crippen molar-refractivity contribution in [3.05, 3.63) is 302 Å². The maximum atomic E-state index is 2.43. The number of hydrogen-bond donors (Lipinski definition) is 0. The molecule has 0 radical (unpaired) electrons. The number of hydrogen-bond acceptors (Lipinski definition) is 0. The summed E-state index contributed by atoms with van der Waals surface area (Å²) in [6.07, 6.45) is 0. The predicted molar refractivity (Wildman–Crippen MR) is 351 cm³/mol. The van der Waals surface area contributed by atoms with E-state index in [0.717, 1.165) is 0 Å². The summed E-state index contributed by atoms with van der Waals surface area (Å²) in [5.41, 5.74) is 35.7. The van der Waals surface area contributed by atoms with Gasteiger partial charge < -0.3 is 0 Å². The van der Waals surface area contributed by atoms with Crippen LogP contribution in [0, 0.1) is 0 Å². The first kappa shape index (κ1) is 47.4. The molecule has 0 aromatic heterocycles. The van der Waals surface area contributed by atoms with Crippen molar-refractivity contribution in [1.29, 1.82) is 0 Å². The summed E-state index contributed by atoms with van der Waals surface area (Å²) in [6, 6.07) is 109. The zero-order valence-electron chi connectivity index (χ0n) is 46.2. The summed E-state index contributed by atoms with van der Waals surface area (Å²) in [5.74, 6) is 0. The topological polar surface area (TPSA) is 0 Å². The molecule has 386 valence electrons. The molecule has 0 heterocycles. The fourth-order valence-corrected chi connectivity index (χ4v) is 14.3. The Kier molecular flexibility index (Phi) is 10.5. The maximum Gasteiger partial charge on any atom is 0.0159 e. The molecule has 0 bridgehead atoms. The Labute approximate surface area is 485 Å². The second kappa shape index (κ2) is 18.3. The monoisotopic (exact) mass is 1050 g/mol. The van der Waals surface area contributed by atoms with Crippen molar-refractivity contribution in [3.63, 3.8) is 0 Å². The molecule has 0 amide bonds. The molecule has 3 aliphatic carbocycles. The van der Waals surface area contributed by atoms with Gasteiger partial charge in [-0.3, -0.25) is 0 Å². The van der Waals surface area contributed by atoms with Gasteiger partial charge in [0.1, 0.15) is 0 Å². The number of fused-ring (bicyclic) bond motifs is 9. The van der Waals surface area contributed by atoms with Gasteiger partial charge in [0.2, 0.25) is 0 Å². The van der Waals surface area contributed by atoms with Gasteiger partial charge in [0, 0.05) is 5.41 Å². The quantitative estimate of drug-likeness (QED) is 0.142. The van der Waals surface area contributed by atoms with Crippen molar-refractivity contribution in [2.75, 3.05) is 0 Å². The van der Waals surface area contributed by atoms with Crippen LogP contribution in [0.15, 0.2) is 291 Å². The molecule has 0 heteroatoms. The average Bonchev–Trinajstić information content (AvgIpc) is 4.25. The molecule has 0 saturated carbocycles. The van der Waals surface area contributed by atoms with E-state index in [1.807, 2.05) is 0 Å². The normalized spacial score (nSPS) is 12.8. The Morgan fingerprint density at radius 1 is 0.169 bits per heavy atom. The molecule has 0 unspecified atom stereocenters. The molecule has 0 fully saturated rings. The molecule has 14 aromatic carbocycles. The van der Waals surface area contributed by atoms with E-state index in [4.69, 9.17) is 0 Å². The third kappa shape index (κ3) is 7.46.